The molecule has 0 fully saturated rings. The average molecular weight is 334 g/mol. The summed E-state index contributed by atoms with van der Waals surface area (Å²) in [5.74, 6) is 0.674. The standard InChI is InChI=1S/C19H30N2O3/c1-6-14(4)20-19(23)17(7-2)21(18(22)8-3)13-15-9-11-16(24-5)12-10-15/h9-12,14,17H,6-8,13H2,1-5H3,(H,20,23)/t14-,17+/m1/s1. The number of hydrogen-bond donors (Lipinski definition) is 1. The predicted octanol–water partition coefficient (Wildman–Crippen LogP) is 3.13. The van der Waals surface area contributed by atoms with Gasteiger partial charge in [0.05, 0.1) is 7.11 Å². The highest BCUT2D eigenvalue weighted by Gasteiger charge is 2.28. The van der Waals surface area contributed by atoms with Gasteiger partial charge in [0.2, 0.25) is 11.8 Å². The molecule has 1 aromatic carbocycles. The highest BCUT2D eigenvalue weighted by atomic mass is 16.5. The van der Waals surface area contributed by atoms with E-state index in [1.807, 2.05) is 52.0 Å². The van der Waals surface area contributed by atoms with Gasteiger partial charge in [0.15, 0.2) is 0 Å². The van der Waals surface area contributed by atoms with Crippen LogP contribution < -0.4 is 10.1 Å². The van der Waals surface area contributed by atoms with Crippen LogP contribution in [0.25, 0.3) is 0 Å². The molecule has 2 amide bonds. The van der Waals surface area contributed by atoms with Gasteiger partial charge in [-0.3, -0.25) is 9.59 Å². The molecule has 0 aliphatic heterocycles. The van der Waals surface area contributed by atoms with E-state index < -0.39 is 6.04 Å². The molecular formula is C19H30N2O3. The third-order valence-corrected chi connectivity index (χ3v) is 4.20. The maximum absolute atomic E-state index is 12.6. The molecule has 0 aromatic heterocycles. The number of carbonyl (C=O) groups is 2. The number of rotatable bonds is 9. The molecule has 0 bridgehead atoms. The summed E-state index contributed by atoms with van der Waals surface area (Å²) in [5, 5.41) is 2.99. The second-order valence-corrected chi connectivity index (χ2v) is 5.97. The number of amides is 2. The molecule has 24 heavy (non-hydrogen) atoms. The molecule has 1 aromatic rings. The Kier molecular flexibility index (Phi) is 8.30. The van der Waals surface area contributed by atoms with Gasteiger partial charge in [-0.15, -0.1) is 0 Å². The smallest absolute Gasteiger partial charge is 0.243 e. The number of methoxy groups -OCH3 is 1. The summed E-state index contributed by atoms with van der Waals surface area (Å²) >= 11 is 0. The summed E-state index contributed by atoms with van der Waals surface area (Å²) in [6, 6.07) is 7.23. The molecule has 0 radical (unpaired) electrons. The molecule has 134 valence electrons. The van der Waals surface area contributed by atoms with Gasteiger partial charge in [0, 0.05) is 19.0 Å². The van der Waals surface area contributed by atoms with Crippen molar-refractivity contribution in [2.75, 3.05) is 7.11 Å². The van der Waals surface area contributed by atoms with Gasteiger partial charge < -0.3 is 15.0 Å². The van der Waals surface area contributed by atoms with E-state index in [0.29, 0.717) is 19.4 Å². The zero-order valence-electron chi connectivity index (χ0n) is 15.5. The Hall–Kier alpha value is -2.04. The quantitative estimate of drug-likeness (QED) is 0.755. The number of carbonyl (C=O) groups excluding carboxylic acids is 2. The van der Waals surface area contributed by atoms with E-state index in [1.165, 1.54) is 0 Å². The van der Waals surface area contributed by atoms with Gasteiger partial charge >= 0.3 is 0 Å². The van der Waals surface area contributed by atoms with E-state index in [-0.39, 0.29) is 17.9 Å². The van der Waals surface area contributed by atoms with E-state index >= 15 is 0 Å². The molecule has 0 unspecified atom stereocenters. The minimum atomic E-state index is -0.450. The molecule has 5 heteroatoms. The molecule has 0 aliphatic rings. The van der Waals surface area contributed by atoms with Gasteiger partial charge in [0.1, 0.15) is 11.8 Å². The average Bonchev–Trinajstić information content (AvgIpc) is 2.61. The van der Waals surface area contributed by atoms with Gasteiger partial charge in [-0.1, -0.05) is 32.9 Å². The fourth-order valence-electron chi connectivity index (χ4n) is 2.49. The normalized spacial score (nSPS) is 13.0. The van der Waals surface area contributed by atoms with Crippen LogP contribution >= 0.6 is 0 Å². The van der Waals surface area contributed by atoms with E-state index in [0.717, 1.165) is 17.7 Å². The molecule has 0 heterocycles. The summed E-state index contributed by atoms with van der Waals surface area (Å²) in [7, 11) is 1.62. The van der Waals surface area contributed by atoms with Crippen molar-refractivity contribution in [1.82, 2.24) is 10.2 Å². The number of nitrogens with zero attached hydrogens (tertiary/aromatic N) is 1. The van der Waals surface area contributed by atoms with Gasteiger partial charge in [0.25, 0.3) is 0 Å². The Balaban J connectivity index is 2.95. The van der Waals surface area contributed by atoms with Crippen LogP contribution in [0.1, 0.15) is 52.5 Å². The summed E-state index contributed by atoms with van der Waals surface area (Å²) in [4.78, 5) is 26.7. The molecule has 1 rings (SSSR count). The zero-order valence-corrected chi connectivity index (χ0v) is 15.5. The Labute approximate surface area is 145 Å². The fourth-order valence-corrected chi connectivity index (χ4v) is 2.49. The predicted molar refractivity (Wildman–Crippen MR) is 95.8 cm³/mol. The summed E-state index contributed by atoms with van der Waals surface area (Å²) in [6.07, 6.45) is 1.83. The van der Waals surface area contributed by atoms with E-state index in [4.69, 9.17) is 4.74 Å². The van der Waals surface area contributed by atoms with Gasteiger partial charge in [-0.25, -0.2) is 0 Å². The Morgan fingerprint density at radius 1 is 1.12 bits per heavy atom. The van der Waals surface area contributed by atoms with E-state index in [1.54, 1.807) is 12.0 Å². The zero-order chi connectivity index (χ0) is 18.1. The van der Waals surface area contributed by atoms with Crippen molar-refractivity contribution in [2.45, 2.75) is 65.6 Å². The molecule has 2 atom stereocenters. The lowest BCUT2D eigenvalue weighted by Crippen LogP contribution is -2.50. The van der Waals surface area contributed by atoms with Crippen LogP contribution in [0, 0.1) is 0 Å². The SMILES string of the molecule is CCC(=O)N(Cc1ccc(OC)cc1)[C@@H](CC)C(=O)N[C@H](C)CC. The van der Waals surface area contributed by atoms with Crippen LogP contribution in [0.2, 0.25) is 0 Å². The van der Waals surface area contributed by atoms with Crippen LogP contribution in [0.4, 0.5) is 0 Å². The first-order valence-corrected chi connectivity index (χ1v) is 8.69. The molecule has 1 N–H and O–H groups in total. The minimum absolute atomic E-state index is 0.0167. The van der Waals surface area contributed by atoms with Crippen LogP contribution in [-0.4, -0.2) is 35.9 Å². The number of ether oxygens (including phenoxy) is 1. The number of nitrogens with one attached hydrogen (secondary N) is 1. The van der Waals surface area contributed by atoms with Crippen molar-refractivity contribution in [3.8, 4) is 5.75 Å². The van der Waals surface area contributed by atoms with Crippen molar-refractivity contribution in [3.05, 3.63) is 29.8 Å². The van der Waals surface area contributed by atoms with Crippen molar-refractivity contribution in [1.29, 1.82) is 0 Å². The van der Waals surface area contributed by atoms with Crippen molar-refractivity contribution >= 4 is 11.8 Å². The second kappa shape index (κ2) is 9.96. The first kappa shape index (κ1) is 20.0. The molecule has 0 spiro atoms. The van der Waals surface area contributed by atoms with Gasteiger partial charge in [-0.05, 0) is 37.5 Å². The Bertz CT molecular complexity index is 528. The highest BCUT2D eigenvalue weighted by molar-refractivity contribution is 5.87. The third kappa shape index (κ3) is 5.55. The molecule has 5 nitrogen and oxygen atoms in total. The topological polar surface area (TPSA) is 58.6 Å². The maximum Gasteiger partial charge on any atom is 0.243 e. The Morgan fingerprint density at radius 2 is 1.75 bits per heavy atom. The second-order valence-electron chi connectivity index (χ2n) is 5.97. The van der Waals surface area contributed by atoms with E-state index in [9.17, 15) is 9.59 Å². The van der Waals surface area contributed by atoms with Crippen LogP contribution in [0.5, 0.6) is 5.75 Å². The lowest BCUT2D eigenvalue weighted by molar-refractivity contribution is -0.141. The first-order chi connectivity index (χ1) is 11.5. The summed E-state index contributed by atoms with van der Waals surface area (Å²) in [6.45, 7) is 8.18. The first-order valence-electron chi connectivity index (χ1n) is 8.69. The van der Waals surface area contributed by atoms with Crippen molar-refractivity contribution in [2.24, 2.45) is 0 Å². The molecule has 0 saturated carbocycles. The molecular weight excluding hydrogens is 304 g/mol. The maximum atomic E-state index is 12.6. The molecule has 0 aliphatic carbocycles. The fraction of sp³-hybridized carbons (Fsp3) is 0.579. The van der Waals surface area contributed by atoms with Crippen LogP contribution in [-0.2, 0) is 16.1 Å². The lowest BCUT2D eigenvalue weighted by atomic mass is 10.1. The highest BCUT2D eigenvalue weighted by Crippen LogP contribution is 2.17. The number of hydrogen-bond acceptors (Lipinski definition) is 3. The lowest BCUT2D eigenvalue weighted by Gasteiger charge is -2.31. The monoisotopic (exact) mass is 334 g/mol. The van der Waals surface area contributed by atoms with Crippen LogP contribution in [0.15, 0.2) is 24.3 Å². The number of benzene rings is 1. The third-order valence-electron chi connectivity index (χ3n) is 4.20. The van der Waals surface area contributed by atoms with Gasteiger partial charge in [-0.2, -0.15) is 0 Å². The minimum Gasteiger partial charge on any atom is -0.497 e. The largest absolute Gasteiger partial charge is 0.497 e. The van der Waals surface area contributed by atoms with Crippen molar-refractivity contribution < 1.29 is 14.3 Å². The summed E-state index contributed by atoms with van der Waals surface area (Å²) in [5.41, 5.74) is 0.979. The van der Waals surface area contributed by atoms with Crippen LogP contribution in [0.3, 0.4) is 0 Å². The summed E-state index contributed by atoms with van der Waals surface area (Å²) < 4.78 is 5.16. The van der Waals surface area contributed by atoms with Crippen molar-refractivity contribution in [3.63, 3.8) is 0 Å². The Morgan fingerprint density at radius 3 is 2.21 bits per heavy atom. The molecule has 0 saturated heterocycles. The van der Waals surface area contributed by atoms with E-state index in [2.05, 4.69) is 5.32 Å².